The van der Waals surface area contributed by atoms with Gasteiger partial charge in [0, 0.05) is 5.56 Å². The maximum Gasteiger partial charge on any atom is 1.00 e. The Kier molecular flexibility index (Phi) is 6.19. The molecule has 4 rings (SSSR count). The molecule has 1 aromatic carbocycles. The van der Waals surface area contributed by atoms with Gasteiger partial charge in [-0.15, -0.1) is 0 Å². The zero-order valence-corrected chi connectivity index (χ0v) is 21.4. The van der Waals surface area contributed by atoms with Crippen LogP contribution in [0.4, 0.5) is 0 Å². The number of phenolic OH excluding ortho intramolecular Hbond substituents is 1. The third kappa shape index (κ3) is 3.54. The molecule has 0 spiro atoms. The van der Waals surface area contributed by atoms with Crippen LogP contribution in [0.15, 0.2) is 6.07 Å². The summed E-state index contributed by atoms with van der Waals surface area (Å²) >= 11 is 0. The van der Waals surface area contributed by atoms with E-state index in [-0.39, 0.29) is 64.1 Å². The van der Waals surface area contributed by atoms with Crippen LogP contribution in [-0.2, 0) is 28.8 Å². The van der Waals surface area contributed by atoms with Crippen LogP contribution in [0.1, 0.15) is 76.5 Å². The zero-order valence-electron chi connectivity index (χ0n) is 18.6. The van der Waals surface area contributed by atoms with Gasteiger partial charge in [-0.05, 0) is 77.4 Å². The topological polar surface area (TPSA) is 107 Å². The monoisotopic (exact) mass is 446 g/mol. The van der Waals surface area contributed by atoms with Crippen molar-refractivity contribution in [2.45, 2.75) is 78.2 Å². The molecule has 3 aliphatic carbocycles. The molecule has 1 unspecified atom stereocenters. The fourth-order valence-corrected chi connectivity index (χ4v) is 7.99. The molecule has 0 aliphatic heterocycles. The Hall–Kier alpha value is -0.310. The second-order valence-electron chi connectivity index (χ2n) is 10.5. The molecule has 3 aliphatic rings. The Balaban J connectivity index is 0.00000256. The van der Waals surface area contributed by atoms with Crippen LogP contribution < -0.4 is 33.7 Å². The van der Waals surface area contributed by atoms with Crippen molar-refractivity contribution in [3.8, 4) is 11.5 Å². The molecule has 8 heteroatoms. The SMILES string of the molecule is CC1(C)CCC[C@@]2(C)C1CC[C@]1(C)c3c(CO)cc(O)c(OS(=O)(=O)[O-])c3C[C@@H]21.[Na+]. The third-order valence-corrected chi connectivity index (χ3v) is 8.94. The molecule has 6 nitrogen and oxygen atoms in total. The van der Waals surface area contributed by atoms with E-state index in [0.717, 1.165) is 31.2 Å². The summed E-state index contributed by atoms with van der Waals surface area (Å²) in [6.07, 6.45) is 5.99. The number of aliphatic hydroxyl groups excluding tert-OH is 1. The van der Waals surface area contributed by atoms with Crippen LogP contribution in [0.2, 0.25) is 0 Å². The van der Waals surface area contributed by atoms with Crippen LogP contribution in [0.3, 0.4) is 0 Å². The third-order valence-electron chi connectivity index (χ3n) is 8.57. The largest absolute Gasteiger partial charge is 1.00 e. The van der Waals surface area contributed by atoms with Gasteiger partial charge in [0.1, 0.15) is 0 Å². The summed E-state index contributed by atoms with van der Waals surface area (Å²) in [4.78, 5) is 0. The average molecular weight is 447 g/mol. The molecule has 0 heterocycles. The first-order chi connectivity index (χ1) is 13.3. The molecular weight excluding hydrogens is 415 g/mol. The summed E-state index contributed by atoms with van der Waals surface area (Å²) in [5, 5.41) is 20.4. The van der Waals surface area contributed by atoms with Gasteiger partial charge in [0.15, 0.2) is 11.5 Å². The van der Waals surface area contributed by atoms with Crippen LogP contribution in [-0.4, -0.2) is 23.2 Å². The van der Waals surface area contributed by atoms with E-state index < -0.39 is 16.1 Å². The summed E-state index contributed by atoms with van der Waals surface area (Å²) < 4.78 is 38.7. The molecule has 30 heavy (non-hydrogen) atoms. The standard InChI is InChI=1S/C22H32O6S.Na/c1-20(2)7-5-8-21(3)16(20)6-9-22(4)17(21)11-14-18(22)13(12-23)10-15(24)19(14)28-29(25,26)27;/h10,16-17,23-24H,5-9,11-12H2,1-4H3,(H,25,26,27);/q;+1/p-1/t16?,17-,21-,22-;/m0./s1. The first-order valence-corrected chi connectivity index (χ1v) is 11.8. The predicted molar refractivity (Wildman–Crippen MR) is 107 cm³/mol. The number of fused-ring (bicyclic) bond motifs is 5. The van der Waals surface area contributed by atoms with Gasteiger partial charge in [-0.2, -0.15) is 0 Å². The minimum Gasteiger partial charge on any atom is -0.716 e. The average Bonchev–Trinajstić information content (AvgIpc) is 2.90. The van der Waals surface area contributed by atoms with Crippen molar-refractivity contribution in [1.29, 1.82) is 0 Å². The molecular formula is C22H31NaO6S. The van der Waals surface area contributed by atoms with Crippen LogP contribution in [0.5, 0.6) is 11.5 Å². The molecule has 0 saturated heterocycles. The summed E-state index contributed by atoms with van der Waals surface area (Å²) in [6.45, 7) is 9.00. The van der Waals surface area contributed by atoms with E-state index in [4.69, 9.17) is 4.18 Å². The number of phenols is 1. The van der Waals surface area contributed by atoms with E-state index in [1.807, 2.05) is 0 Å². The molecule has 2 N–H and O–H groups in total. The molecule has 0 bridgehead atoms. The molecule has 2 fully saturated rings. The van der Waals surface area contributed by atoms with Crippen LogP contribution >= 0.6 is 0 Å². The van der Waals surface area contributed by atoms with Crippen LogP contribution in [0, 0.1) is 22.7 Å². The van der Waals surface area contributed by atoms with Crippen molar-refractivity contribution < 1.29 is 56.9 Å². The molecule has 4 atom stereocenters. The second-order valence-corrected chi connectivity index (χ2v) is 11.5. The molecule has 1 aromatic rings. The van der Waals surface area contributed by atoms with Crippen LogP contribution in [0.25, 0.3) is 0 Å². The molecule has 0 aromatic heterocycles. The Morgan fingerprint density at radius 2 is 1.83 bits per heavy atom. The van der Waals surface area contributed by atoms with Gasteiger partial charge in [-0.3, -0.25) is 0 Å². The second kappa shape index (κ2) is 7.63. The molecule has 162 valence electrons. The molecule has 0 amide bonds. The Labute approximate surface area is 201 Å². The Bertz CT molecular complexity index is 959. The maximum atomic E-state index is 11.3. The van der Waals surface area contributed by atoms with E-state index in [2.05, 4.69) is 27.7 Å². The maximum absolute atomic E-state index is 11.3. The smallest absolute Gasteiger partial charge is 0.716 e. The number of hydrogen-bond acceptors (Lipinski definition) is 6. The van der Waals surface area contributed by atoms with Crippen molar-refractivity contribution in [1.82, 2.24) is 0 Å². The Morgan fingerprint density at radius 3 is 2.43 bits per heavy atom. The molecule has 2 saturated carbocycles. The van der Waals surface area contributed by atoms with E-state index in [1.54, 1.807) is 0 Å². The summed E-state index contributed by atoms with van der Waals surface area (Å²) in [5.74, 6) is 0.125. The normalized spacial score (nSPS) is 34.3. The van der Waals surface area contributed by atoms with Gasteiger partial charge in [0.25, 0.3) is 10.4 Å². The van der Waals surface area contributed by atoms with E-state index >= 15 is 0 Å². The van der Waals surface area contributed by atoms with Gasteiger partial charge in [-0.1, -0.05) is 34.1 Å². The quantitative estimate of drug-likeness (QED) is 0.404. The summed E-state index contributed by atoms with van der Waals surface area (Å²) in [6, 6.07) is 1.35. The van der Waals surface area contributed by atoms with Gasteiger partial charge < -0.3 is 18.9 Å². The number of aromatic hydroxyl groups is 1. The zero-order chi connectivity index (χ0) is 21.4. The fraction of sp³-hybridized carbons (Fsp3) is 0.727. The predicted octanol–water partition coefficient (Wildman–Crippen LogP) is 0.784. The first-order valence-electron chi connectivity index (χ1n) is 10.5. The van der Waals surface area contributed by atoms with E-state index in [9.17, 15) is 23.2 Å². The number of benzene rings is 1. The van der Waals surface area contributed by atoms with E-state index in [0.29, 0.717) is 23.5 Å². The van der Waals surface area contributed by atoms with E-state index in [1.165, 1.54) is 12.5 Å². The number of hydrogen-bond donors (Lipinski definition) is 2. The minimum absolute atomic E-state index is 0. The van der Waals surface area contributed by atoms with Gasteiger partial charge in [-0.25, -0.2) is 8.42 Å². The minimum atomic E-state index is -5.02. The van der Waals surface area contributed by atoms with Gasteiger partial charge in [0.2, 0.25) is 0 Å². The van der Waals surface area contributed by atoms with Crippen molar-refractivity contribution in [3.63, 3.8) is 0 Å². The van der Waals surface area contributed by atoms with Gasteiger partial charge in [0.05, 0.1) is 6.61 Å². The fourth-order valence-electron chi connectivity index (χ4n) is 7.60. The van der Waals surface area contributed by atoms with Crippen molar-refractivity contribution in [3.05, 3.63) is 22.8 Å². The summed E-state index contributed by atoms with van der Waals surface area (Å²) in [7, 11) is -5.02. The number of aliphatic hydroxyl groups is 1. The van der Waals surface area contributed by atoms with Crippen molar-refractivity contribution in [2.24, 2.45) is 22.7 Å². The van der Waals surface area contributed by atoms with Gasteiger partial charge >= 0.3 is 29.6 Å². The van der Waals surface area contributed by atoms with Crippen molar-refractivity contribution in [2.75, 3.05) is 0 Å². The van der Waals surface area contributed by atoms with Crippen molar-refractivity contribution >= 4 is 10.4 Å². The summed E-state index contributed by atoms with van der Waals surface area (Å²) in [5.41, 5.74) is 2.07. The number of rotatable bonds is 3. The first kappa shape index (κ1) is 24.3. The Morgan fingerprint density at radius 1 is 1.17 bits per heavy atom. The molecule has 0 radical (unpaired) electrons.